The van der Waals surface area contributed by atoms with Gasteiger partial charge in [0.05, 0.1) is 19.6 Å². The van der Waals surface area contributed by atoms with Crippen LogP contribution in [0.5, 0.6) is 0 Å². The average Bonchev–Trinajstić information content (AvgIpc) is 3.14. The van der Waals surface area contributed by atoms with E-state index in [1.165, 1.54) is 19.3 Å². The van der Waals surface area contributed by atoms with E-state index in [1.54, 1.807) is 0 Å². The summed E-state index contributed by atoms with van der Waals surface area (Å²) in [4.78, 5) is 12.1. The third-order valence-electron chi connectivity index (χ3n) is 7.50. The second kappa shape index (κ2) is 42.7. The predicted molar refractivity (Wildman–Crippen MR) is 223 cm³/mol. The number of aliphatic hydroxyl groups excluding tert-OH is 1. The molecule has 0 aromatic carbocycles. The summed E-state index contributed by atoms with van der Waals surface area (Å²) in [5.41, 5.74) is 0. The fourth-order valence-electron chi connectivity index (χ4n) is 4.64. The maximum atomic E-state index is 12.1. The number of ether oxygens (including phenoxy) is 2. The number of esters is 1. The fraction of sp³-hybridized carbons (Fsp3) is 0.511. The maximum absolute atomic E-state index is 12.1. The Kier molecular flexibility index (Phi) is 39.8. The summed E-state index contributed by atoms with van der Waals surface area (Å²) in [5.74, 6) is -0.342. The zero-order valence-corrected chi connectivity index (χ0v) is 32.3. The third kappa shape index (κ3) is 40.8. The first kappa shape index (κ1) is 47.5. The van der Waals surface area contributed by atoms with E-state index in [1.807, 2.05) is 12.2 Å². The first-order valence-electron chi connectivity index (χ1n) is 19.8. The van der Waals surface area contributed by atoms with Gasteiger partial charge in [0.2, 0.25) is 0 Å². The summed E-state index contributed by atoms with van der Waals surface area (Å²) in [6.07, 6.45) is 65.2. The van der Waals surface area contributed by atoms with E-state index in [0.29, 0.717) is 6.61 Å². The van der Waals surface area contributed by atoms with Gasteiger partial charge < -0.3 is 14.6 Å². The van der Waals surface area contributed by atoms with Crippen LogP contribution >= 0.6 is 0 Å². The molecule has 4 heteroatoms. The van der Waals surface area contributed by atoms with Gasteiger partial charge in [0.1, 0.15) is 6.10 Å². The second-order valence-corrected chi connectivity index (χ2v) is 12.3. The normalized spacial score (nSPS) is 13.9. The quantitative estimate of drug-likeness (QED) is 0.0412. The molecule has 0 aliphatic heterocycles. The van der Waals surface area contributed by atoms with Crippen LogP contribution in [0.4, 0.5) is 0 Å². The summed E-state index contributed by atoms with van der Waals surface area (Å²) >= 11 is 0. The van der Waals surface area contributed by atoms with Gasteiger partial charge in [0.15, 0.2) is 0 Å². The molecule has 284 valence electrons. The average molecular weight is 701 g/mol. The molecule has 0 aromatic heterocycles. The van der Waals surface area contributed by atoms with Gasteiger partial charge in [-0.1, -0.05) is 167 Å². The van der Waals surface area contributed by atoms with E-state index in [0.717, 1.165) is 89.9 Å². The molecule has 0 radical (unpaired) electrons. The van der Waals surface area contributed by atoms with Gasteiger partial charge >= 0.3 is 5.97 Å². The maximum Gasteiger partial charge on any atom is 0.310 e. The molecular weight excluding hydrogens is 629 g/mol. The monoisotopic (exact) mass is 701 g/mol. The van der Waals surface area contributed by atoms with E-state index in [-0.39, 0.29) is 25.6 Å². The van der Waals surface area contributed by atoms with Crippen molar-refractivity contribution in [3.63, 3.8) is 0 Å². The topological polar surface area (TPSA) is 55.8 Å². The van der Waals surface area contributed by atoms with Crippen molar-refractivity contribution >= 4 is 5.97 Å². The Labute approximate surface area is 313 Å². The Morgan fingerprint density at radius 2 is 0.824 bits per heavy atom. The van der Waals surface area contributed by atoms with Crippen LogP contribution in [0.15, 0.2) is 134 Å². The summed E-state index contributed by atoms with van der Waals surface area (Å²) in [6, 6.07) is 0. The molecule has 0 aromatic rings. The van der Waals surface area contributed by atoms with Crippen LogP contribution in [0.3, 0.4) is 0 Å². The number of rotatable bonds is 34. The number of hydrogen-bond donors (Lipinski definition) is 1. The standard InChI is InChI=1S/C47H72O4/c1-3-5-7-9-11-13-15-17-19-20-21-22-23-24-25-26-27-29-31-33-35-37-39-41-43-50-45-46(44-48)51-47(49)42-40-38-36-34-32-30-28-18-16-14-12-10-8-6-4-2/h5-8,11-14,17-19,21-22,24-25,27-29,32,34,38,40,46,48H,3-4,9-10,15-16,20,23,26,30-31,33,35-37,39,41-45H2,1-2H3/b7-5-,8-6-,13-11-,14-12-,19-17-,22-21-,25-24-,28-18-,29-27-,34-32-,40-38-. The lowest BCUT2D eigenvalue weighted by Crippen LogP contribution is -2.27. The summed E-state index contributed by atoms with van der Waals surface area (Å²) < 4.78 is 11.0. The fourth-order valence-corrected chi connectivity index (χ4v) is 4.64. The smallest absolute Gasteiger partial charge is 0.310 e. The number of carbonyl (C=O) groups excluding carboxylic acids is 1. The van der Waals surface area contributed by atoms with Crippen molar-refractivity contribution in [1.29, 1.82) is 0 Å². The number of unbranched alkanes of at least 4 members (excludes halogenated alkanes) is 5. The molecule has 0 fully saturated rings. The van der Waals surface area contributed by atoms with E-state index in [4.69, 9.17) is 9.47 Å². The summed E-state index contributed by atoms with van der Waals surface area (Å²) in [6.45, 7) is 4.93. The van der Waals surface area contributed by atoms with Crippen molar-refractivity contribution in [2.75, 3.05) is 19.8 Å². The van der Waals surface area contributed by atoms with E-state index in [9.17, 15) is 9.90 Å². The lowest BCUT2D eigenvalue weighted by molar-refractivity contribution is -0.153. The molecule has 0 saturated carbocycles. The molecule has 0 heterocycles. The van der Waals surface area contributed by atoms with E-state index in [2.05, 4.69) is 135 Å². The van der Waals surface area contributed by atoms with Crippen molar-refractivity contribution in [3.05, 3.63) is 134 Å². The highest BCUT2D eigenvalue weighted by Gasteiger charge is 2.12. The highest BCUT2D eigenvalue weighted by atomic mass is 16.6. The predicted octanol–water partition coefficient (Wildman–Crippen LogP) is 13.1. The van der Waals surface area contributed by atoms with Gasteiger partial charge in [-0.05, 0) is 89.9 Å². The zero-order chi connectivity index (χ0) is 37.0. The van der Waals surface area contributed by atoms with Gasteiger partial charge in [0, 0.05) is 6.61 Å². The molecule has 0 rings (SSSR count). The van der Waals surface area contributed by atoms with Gasteiger partial charge in [-0.2, -0.15) is 0 Å². The second-order valence-electron chi connectivity index (χ2n) is 12.3. The van der Waals surface area contributed by atoms with Gasteiger partial charge in [0.25, 0.3) is 0 Å². The van der Waals surface area contributed by atoms with Crippen LogP contribution in [-0.4, -0.2) is 37.0 Å². The third-order valence-corrected chi connectivity index (χ3v) is 7.50. The summed E-state index contributed by atoms with van der Waals surface area (Å²) in [5, 5.41) is 9.56. The van der Waals surface area contributed by atoms with Gasteiger partial charge in [-0.3, -0.25) is 4.79 Å². The molecule has 1 N–H and O–H groups in total. The number of allylic oxidation sites excluding steroid dienone is 21. The first-order chi connectivity index (χ1) is 25.2. The number of aliphatic hydroxyl groups is 1. The van der Waals surface area contributed by atoms with Gasteiger partial charge in [-0.15, -0.1) is 0 Å². The van der Waals surface area contributed by atoms with E-state index < -0.39 is 6.10 Å². The SMILES string of the molecule is CC/C=C\C/C=C\C/C=C\C/C=C\C/C=C\C/C=C\CCCCCCCOCC(CO)OC(=O)C/C=C\C/C=C\C/C=C\C/C=C\C/C=C\CC. The molecule has 0 bridgehead atoms. The Balaban J connectivity index is 3.67. The van der Waals surface area contributed by atoms with Crippen LogP contribution < -0.4 is 0 Å². The van der Waals surface area contributed by atoms with Crippen LogP contribution in [0.1, 0.15) is 129 Å². The molecular formula is C47H72O4. The van der Waals surface area contributed by atoms with Crippen LogP contribution in [0, 0.1) is 0 Å². The van der Waals surface area contributed by atoms with Crippen LogP contribution in [-0.2, 0) is 14.3 Å². The Morgan fingerprint density at radius 1 is 0.471 bits per heavy atom. The minimum atomic E-state index is -0.610. The molecule has 4 nitrogen and oxygen atoms in total. The van der Waals surface area contributed by atoms with Crippen LogP contribution in [0.2, 0.25) is 0 Å². The molecule has 1 unspecified atom stereocenters. The van der Waals surface area contributed by atoms with Crippen LogP contribution in [0.25, 0.3) is 0 Å². The highest BCUT2D eigenvalue weighted by Crippen LogP contribution is 2.07. The minimum Gasteiger partial charge on any atom is -0.457 e. The molecule has 0 aliphatic carbocycles. The van der Waals surface area contributed by atoms with E-state index >= 15 is 0 Å². The Morgan fingerprint density at radius 3 is 1.24 bits per heavy atom. The summed E-state index contributed by atoms with van der Waals surface area (Å²) in [7, 11) is 0. The van der Waals surface area contributed by atoms with Crippen molar-refractivity contribution in [2.24, 2.45) is 0 Å². The Hall–Kier alpha value is -3.47. The van der Waals surface area contributed by atoms with Gasteiger partial charge in [-0.25, -0.2) is 0 Å². The minimum absolute atomic E-state index is 0.197. The van der Waals surface area contributed by atoms with Crippen molar-refractivity contribution in [1.82, 2.24) is 0 Å². The largest absolute Gasteiger partial charge is 0.457 e. The first-order valence-corrected chi connectivity index (χ1v) is 19.8. The highest BCUT2D eigenvalue weighted by molar-refractivity contribution is 5.71. The van der Waals surface area contributed by atoms with Crippen molar-refractivity contribution in [2.45, 2.75) is 136 Å². The lowest BCUT2D eigenvalue weighted by atomic mass is 10.1. The number of hydrogen-bond acceptors (Lipinski definition) is 4. The Bertz CT molecular complexity index is 1090. The molecule has 0 saturated heterocycles. The van der Waals surface area contributed by atoms with Crippen molar-refractivity contribution in [3.8, 4) is 0 Å². The molecule has 1 atom stereocenters. The van der Waals surface area contributed by atoms with Crippen molar-refractivity contribution < 1.29 is 19.4 Å². The molecule has 0 amide bonds. The molecule has 0 aliphatic rings. The number of carbonyl (C=O) groups is 1. The molecule has 51 heavy (non-hydrogen) atoms. The molecule has 0 spiro atoms. The lowest BCUT2D eigenvalue weighted by Gasteiger charge is -2.15. The zero-order valence-electron chi connectivity index (χ0n) is 32.3.